The highest BCUT2D eigenvalue weighted by atomic mass is 16.7. The van der Waals surface area contributed by atoms with Crippen LogP contribution in [0.15, 0.2) is 24.3 Å². The van der Waals surface area contributed by atoms with Crippen LogP contribution in [0.1, 0.15) is 69.3 Å². The number of hydrogen-bond acceptors (Lipinski definition) is 10. The number of benzene rings is 2. The maximum Gasteiger partial charge on any atom is 0.198 e. The van der Waals surface area contributed by atoms with Crippen molar-refractivity contribution >= 4 is 11.6 Å². The largest absolute Gasteiger partial charge is 0.507 e. The Balaban J connectivity index is 1.48. The fraction of sp³-hybridized carbons (Fsp3) is 0.500. The molecule has 2 heterocycles. The third kappa shape index (κ3) is 3.95. The van der Waals surface area contributed by atoms with Crippen LogP contribution < -0.4 is 5.32 Å². The van der Waals surface area contributed by atoms with Crippen molar-refractivity contribution in [1.29, 1.82) is 0 Å². The third-order valence-corrected chi connectivity index (χ3v) is 8.32. The van der Waals surface area contributed by atoms with Gasteiger partial charge in [-0.1, -0.05) is 24.3 Å². The molecule has 10 heteroatoms. The quantitative estimate of drug-likeness (QED) is 0.373. The van der Waals surface area contributed by atoms with E-state index in [0.29, 0.717) is 31.9 Å². The summed E-state index contributed by atoms with van der Waals surface area (Å²) in [5.41, 5.74) is -0.991. The Hall–Kier alpha value is -2.86. The summed E-state index contributed by atoms with van der Waals surface area (Å²) in [5, 5.41) is 38.5. The summed E-state index contributed by atoms with van der Waals surface area (Å²) in [5.74, 6) is -1.80. The van der Waals surface area contributed by atoms with Crippen LogP contribution in [0.4, 0.5) is 0 Å². The van der Waals surface area contributed by atoms with Crippen LogP contribution in [-0.2, 0) is 20.6 Å². The molecule has 2 aromatic carbocycles. The molecule has 4 N–H and O–H groups in total. The van der Waals surface area contributed by atoms with E-state index in [0.717, 1.165) is 0 Å². The number of rotatable bonds is 4. The van der Waals surface area contributed by atoms with Gasteiger partial charge in [0, 0.05) is 47.8 Å². The second-order valence-electron chi connectivity index (χ2n) is 10.6. The van der Waals surface area contributed by atoms with Gasteiger partial charge in [0.2, 0.25) is 0 Å². The zero-order valence-electron chi connectivity index (χ0n) is 21.4. The first-order valence-corrected chi connectivity index (χ1v) is 13.1. The van der Waals surface area contributed by atoms with E-state index in [1.54, 1.807) is 25.1 Å². The number of hydrogen-bond donors (Lipinski definition) is 4. The van der Waals surface area contributed by atoms with Gasteiger partial charge in [0.05, 0.1) is 42.7 Å². The van der Waals surface area contributed by atoms with Gasteiger partial charge in [-0.15, -0.1) is 0 Å². The standard InChI is InChI=1S/C28H32N2O8/c1-14(30-7-9-36-10-8-30)29-19-12-28(35,20-13-37-15(2)38-20)11-18-21(19)27(34)23-22(26(18)33)24(31)16-5-3-4-6-17(16)25(23)32/h3-6,14-15,19-20,29,33-35H,7-13H2,1-2H3. The lowest BCUT2D eigenvalue weighted by molar-refractivity contribution is -0.122. The predicted molar refractivity (Wildman–Crippen MR) is 134 cm³/mol. The molecule has 38 heavy (non-hydrogen) atoms. The zero-order chi connectivity index (χ0) is 26.8. The Morgan fingerprint density at radius 1 is 1.05 bits per heavy atom. The number of phenols is 2. The lowest BCUT2D eigenvalue weighted by Crippen LogP contribution is -2.55. The van der Waals surface area contributed by atoms with Crippen molar-refractivity contribution in [2.24, 2.45) is 0 Å². The van der Waals surface area contributed by atoms with Crippen LogP contribution >= 0.6 is 0 Å². The van der Waals surface area contributed by atoms with Gasteiger partial charge in [0.1, 0.15) is 17.6 Å². The summed E-state index contributed by atoms with van der Waals surface area (Å²) >= 11 is 0. The monoisotopic (exact) mass is 524 g/mol. The summed E-state index contributed by atoms with van der Waals surface area (Å²) in [6.45, 7) is 6.51. The predicted octanol–water partition coefficient (Wildman–Crippen LogP) is 1.62. The van der Waals surface area contributed by atoms with E-state index in [1.807, 2.05) is 6.92 Å². The number of ketones is 2. The summed E-state index contributed by atoms with van der Waals surface area (Å²) < 4.78 is 16.9. The molecule has 0 spiro atoms. The van der Waals surface area contributed by atoms with Gasteiger partial charge in [-0.3, -0.25) is 19.8 Å². The SMILES string of the molecule is CC1OCC(C2(O)Cc3c(O)c4c(c(O)c3C(NC(C)N3CCOCC3)C2)C(=O)c2ccccc2C4=O)O1. The van der Waals surface area contributed by atoms with Crippen LogP contribution in [-0.4, -0.2) is 88.9 Å². The molecule has 0 radical (unpaired) electrons. The first-order valence-electron chi connectivity index (χ1n) is 13.1. The van der Waals surface area contributed by atoms with Crippen LogP contribution in [0.2, 0.25) is 0 Å². The van der Waals surface area contributed by atoms with E-state index < -0.39 is 41.4 Å². The number of nitrogens with zero attached hydrogens (tertiary/aromatic N) is 1. The highest BCUT2D eigenvalue weighted by Crippen LogP contribution is 2.51. The zero-order valence-corrected chi connectivity index (χ0v) is 21.4. The van der Waals surface area contributed by atoms with Gasteiger partial charge >= 0.3 is 0 Å². The van der Waals surface area contributed by atoms with E-state index in [1.165, 1.54) is 6.07 Å². The maximum absolute atomic E-state index is 13.5. The second-order valence-corrected chi connectivity index (χ2v) is 10.6. The molecule has 2 aliphatic carbocycles. The average Bonchev–Trinajstić information content (AvgIpc) is 3.37. The minimum atomic E-state index is -1.46. The van der Waals surface area contributed by atoms with E-state index in [9.17, 15) is 24.9 Å². The van der Waals surface area contributed by atoms with Crippen molar-refractivity contribution in [1.82, 2.24) is 10.2 Å². The fourth-order valence-electron chi connectivity index (χ4n) is 6.34. The minimum absolute atomic E-state index is 0.0804. The third-order valence-electron chi connectivity index (χ3n) is 8.32. The number of carbonyl (C=O) groups is 2. The van der Waals surface area contributed by atoms with Crippen molar-refractivity contribution in [3.63, 3.8) is 0 Å². The van der Waals surface area contributed by atoms with Crippen LogP contribution in [0.3, 0.4) is 0 Å². The molecule has 5 unspecified atom stereocenters. The number of fused-ring (bicyclic) bond motifs is 3. The summed E-state index contributed by atoms with van der Waals surface area (Å²) in [7, 11) is 0. The van der Waals surface area contributed by atoms with E-state index in [2.05, 4.69) is 10.2 Å². The van der Waals surface area contributed by atoms with Crippen LogP contribution in [0.25, 0.3) is 0 Å². The van der Waals surface area contributed by atoms with Crippen molar-refractivity contribution in [2.45, 2.75) is 56.9 Å². The normalized spacial score (nSPS) is 30.0. The maximum atomic E-state index is 13.5. The molecule has 2 saturated heterocycles. The molecule has 202 valence electrons. The van der Waals surface area contributed by atoms with Gasteiger partial charge in [-0.2, -0.15) is 0 Å². The lowest BCUT2D eigenvalue weighted by atomic mass is 9.70. The summed E-state index contributed by atoms with van der Waals surface area (Å²) in [6, 6.07) is 5.72. The van der Waals surface area contributed by atoms with Gasteiger partial charge in [-0.25, -0.2) is 0 Å². The van der Waals surface area contributed by atoms with E-state index in [4.69, 9.17) is 14.2 Å². The fourth-order valence-corrected chi connectivity index (χ4v) is 6.34. The lowest BCUT2D eigenvalue weighted by Gasteiger charge is -2.44. The molecule has 2 aromatic rings. The molecule has 2 fully saturated rings. The Morgan fingerprint density at radius 3 is 2.29 bits per heavy atom. The van der Waals surface area contributed by atoms with Crippen molar-refractivity contribution in [3.05, 3.63) is 57.6 Å². The van der Waals surface area contributed by atoms with Gasteiger partial charge < -0.3 is 29.5 Å². The molecular formula is C28H32N2O8. The molecule has 0 aromatic heterocycles. The first-order chi connectivity index (χ1) is 18.2. The topological polar surface area (TPSA) is 138 Å². The first kappa shape index (κ1) is 25.4. The molecule has 0 amide bonds. The number of aromatic hydroxyl groups is 2. The highest BCUT2D eigenvalue weighted by Gasteiger charge is 2.51. The Bertz CT molecular complexity index is 1310. The number of ether oxygens (including phenoxy) is 3. The van der Waals surface area contributed by atoms with E-state index >= 15 is 0 Å². The minimum Gasteiger partial charge on any atom is -0.507 e. The molecule has 10 nitrogen and oxygen atoms in total. The molecule has 0 saturated carbocycles. The Kier molecular flexibility index (Phi) is 6.29. The van der Waals surface area contributed by atoms with Crippen molar-refractivity contribution in [2.75, 3.05) is 32.9 Å². The molecule has 5 atom stereocenters. The van der Waals surface area contributed by atoms with Crippen molar-refractivity contribution in [3.8, 4) is 11.5 Å². The smallest absolute Gasteiger partial charge is 0.198 e. The Morgan fingerprint density at radius 2 is 1.68 bits per heavy atom. The van der Waals surface area contributed by atoms with Gasteiger partial charge in [-0.05, 0) is 20.3 Å². The number of phenolic OH excluding ortho intramolecular Hbond substituents is 2. The van der Waals surface area contributed by atoms with Gasteiger partial charge in [0.15, 0.2) is 17.9 Å². The van der Waals surface area contributed by atoms with Gasteiger partial charge in [0.25, 0.3) is 0 Å². The number of carbonyl (C=O) groups excluding carboxylic acids is 2. The van der Waals surface area contributed by atoms with Crippen LogP contribution in [0.5, 0.6) is 11.5 Å². The molecule has 4 aliphatic rings. The Labute approximate surface area is 220 Å². The average molecular weight is 525 g/mol. The van der Waals surface area contributed by atoms with Crippen LogP contribution in [0, 0.1) is 0 Å². The summed E-state index contributed by atoms with van der Waals surface area (Å²) in [6.07, 6.45) is -1.29. The molecule has 6 rings (SSSR count). The number of nitrogens with one attached hydrogen (secondary N) is 1. The molecule has 2 aliphatic heterocycles. The second kappa shape index (κ2) is 9.41. The highest BCUT2D eigenvalue weighted by molar-refractivity contribution is 6.30. The molecule has 0 bridgehead atoms. The molecular weight excluding hydrogens is 492 g/mol. The summed E-state index contributed by atoms with van der Waals surface area (Å²) in [4.78, 5) is 29.2. The van der Waals surface area contributed by atoms with Crippen molar-refractivity contribution < 1.29 is 39.1 Å². The van der Waals surface area contributed by atoms with E-state index in [-0.39, 0.29) is 59.2 Å². The number of morpholine rings is 1. The number of aliphatic hydroxyl groups is 1.